The number of nitrogens with one attached hydrogen (secondary N) is 1. The molecule has 3 N–H and O–H groups in total. The number of carbonyl (C=O) groups is 1. The number of halogens is 1. The molecule has 0 spiro atoms. The summed E-state index contributed by atoms with van der Waals surface area (Å²) in [6.45, 7) is -0.110. The van der Waals surface area contributed by atoms with Crippen molar-refractivity contribution in [1.29, 1.82) is 0 Å². The van der Waals surface area contributed by atoms with E-state index in [0.29, 0.717) is 5.56 Å². The van der Waals surface area contributed by atoms with Crippen molar-refractivity contribution < 1.29 is 19.4 Å². The fraction of sp³-hybridized carbons (Fsp3) is 0.222. The third-order valence-corrected chi connectivity index (χ3v) is 1.70. The van der Waals surface area contributed by atoms with E-state index in [1.807, 2.05) is 5.32 Å². The zero-order valence-corrected chi connectivity index (χ0v) is 7.27. The molecule has 1 aromatic carbocycles. The maximum atomic E-state index is 12.5. The van der Waals surface area contributed by atoms with Gasteiger partial charge in [0.25, 0.3) is 0 Å². The third-order valence-electron chi connectivity index (χ3n) is 1.70. The lowest BCUT2D eigenvalue weighted by atomic mass is 10.1. The molecule has 0 aliphatic carbocycles. The Bertz CT molecular complexity index is 312. The average molecular weight is 199 g/mol. The number of hydrogen-bond acceptors (Lipinski definition) is 2. The molecule has 4 nitrogen and oxygen atoms in total. The van der Waals surface area contributed by atoms with Crippen LogP contribution >= 0.6 is 0 Å². The molecule has 0 saturated heterocycles. The van der Waals surface area contributed by atoms with Gasteiger partial charge in [-0.05, 0) is 17.7 Å². The van der Waals surface area contributed by atoms with E-state index in [-0.39, 0.29) is 6.54 Å². The van der Waals surface area contributed by atoms with Crippen molar-refractivity contribution in [2.24, 2.45) is 0 Å². The van der Waals surface area contributed by atoms with Gasteiger partial charge in [-0.1, -0.05) is 12.1 Å². The lowest BCUT2D eigenvalue weighted by Crippen LogP contribution is -2.26. The van der Waals surface area contributed by atoms with Crippen molar-refractivity contribution in [2.75, 3.05) is 6.54 Å². The number of rotatable bonds is 3. The summed E-state index contributed by atoms with van der Waals surface area (Å²) in [6, 6.07) is 5.23. The van der Waals surface area contributed by atoms with Gasteiger partial charge in [0.1, 0.15) is 5.82 Å². The zero-order valence-electron chi connectivity index (χ0n) is 7.27. The molecule has 0 heterocycles. The Labute approximate surface area is 80.0 Å². The van der Waals surface area contributed by atoms with Gasteiger partial charge >= 0.3 is 6.09 Å². The van der Waals surface area contributed by atoms with Crippen molar-refractivity contribution in [3.05, 3.63) is 35.6 Å². The predicted molar refractivity (Wildman–Crippen MR) is 47.4 cm³/mol. The second-order valence-electron chi connectivity index (χ2n) is 2.75. The molecule has 1 rings (SSSR count). The number of aliphatic hydroxyl groups is 1. The topological polar surface area (TPSA) is 69.6 Å². The minimum Gasteiger partial charge on any atom is -0.465 e. The molecule has 0 aromatic heterocycles. The Balaban J connectivity index is 2.56. The number of amides is 1. The molecule has 0 radical (unpaired) electrons. The summed E-state index contributed by atoms with van der Waals surface area (Å²) in [4.78, 5) is 10.1. The second kappa shape index (κ2) is 4.57. The first-order chi connectivity index (χ1) is 6.59. The molecule has 0 fully saturated rings. The summed E-state index contributed by atoms with van der Waals surface area (Å²) in [5, 5.41) is 19.7. The van der Waals surface area contributed by atoms with Crippen LogP contribution in [-0.2, 0) is 0 Å². The van der Waals surface area contributed by atoms with E-state index in [1.165, 1.54) is 24.3 Å². The molecule has 1 amide bonds. The zero-order chi connectivity index (χ0) is 10.6. The third kappa shape index (κ3) is 3.02. The summed E-state index contributed by atoms with van der Waals surface area (Å²) < 4.78 is 12.5. The van der Waals surface area contributed by atoms with Gasteiger partial charge in [0.05, 0.1) is 12.6 Å². The highest BCUT2D eigenvalue weighted by Crippen LogP contribution is 2.11. The van der Waals surface area contributed by atoms with Gasteiger partial charge in [-0.2, -0.15) is 0 Å². The van der Waals surface area contributed by atoms with Crippen LogP contribution in [0.1, 0.15) is 11.7 Å². The number of carboxylic acid groups (broad SMARTS) is 1. The molecule has 14 heavy (non-hydrogen) atoms. The Kier molecular flexibility index (Phi) is 3.41. The average Bonchev–Trinajstić information content (AvgIpc) is 2.15. The Morgan fingerprint density at radius 1 is 1.43 bits per heavy atom. The molecule has 76 valence electrons. The van der Waals surface area contributed by atoms with Gasteiger partial charge in [-0.15, -0.1) is 0 Å². The van der Waals surface area contributed by atoms with Crippen LogP contribution in [0.25, 0.3) is 0 Å². The van der Waals surface area contributed by atoms with E-state index in [0.717, 1.165) is 0 Å². The minimum atomic E-state index is -1.20. The Morgan fingerprint density at radius 2 is 2.00 bits per heavy atom. The van der Waals surface area contributed by atoms with Crippen LogP contribution in [0.2, 0.25) is 0 Å². The first kappa shape index (κ1) is 10.5. The predicted octanol–water partition coefficient (Wildman–Crippen LogP) is 1.13. The van der Waals surface area contributed by atoms with E-state index < -0.39 is 18.0 Å². The van der Waals surface area contributed by atoms with Crippen LogP contribution in [0.15, 0.2) is 24.3 Å². The summed E-state index contributed by atoms with van der Waals surface area (Å²) >= 11 is 0. The van der Waals surface area contributed by atoms with Gasteiger partial charge in [0.2, 0.25) is 0 Å². The standard InChI is InChI=1S/C9H10FNO3/c10-7-3-1-6(2-4-7)8(12)5-11-9(13)14/h1-4,8,11-12H,5H2,(H,13,14). The lowest BCUT2D eigenvalue weighted by Gasteiger charge is -2.10. The highest BCUT2D eigenvalue weighted by atomic mass is 19.1. The molecular formula is C9H10FNO3. The fourth-order valence-corrected chi connectivity index (χ4v) is 0.987. The number of hydrogen-bond donors (Lipinski definition) is 3. The van der Waals surface area contributed by atoms with Gasteiger partial charge in [-0.25, -0.2) is 9.18 Å². The van der Waals surface area contributed by atoms with Crippen LogP contribution in [0, 0.1) is 5.82 Å². The largest absolute Gasteiger partial charge is 0.465 e. The first-order valence-electron chi connectivity index (χ1n) is 4.00. The SMILES string of the molecule is O=C(O)NCC(O)c1ccc(F)cc1. The van der Waals surface area contributed by atoms with E-state index in [2.05, 4.69) is 0 Å². The smallest absolute Gasteiger partial charge is 0.404 e. The quantitative estimate of drug-likeness (QED) is 0.683. The molecule has 0 saturated carbocycles. The summed E-state index contributed by atoms with van der Waals surface area (Å²) in [6.07, 6.45) is -2.15. The maximum absolute atomic E-state index is 12.5. The molecule has 0 aliphatic rings. The minimum absolute atomic E-state index is 0.110. The molecule has 0 bridgehead atoms. The van der Waals surface area contributed by atoms with Crippen molar-refractivity contribution >= 4 is 6.09 Å². The van der Waals surface area contributed by atoms with Gasteiger partial charge in [-0.3, -0.25) is 0 Å². The van der Waals surface area contributed by atoms with Gasteiger partial charge in [0.15, 0.2) is 0 Å². The van der Waals surface area contributed by atoms with Crippen molar-refractivity contribution in [3.63, 3.8) is 0 Å². The van der Waals surface area contributed by atoms with E-state index >= 15 is 0 Å². The Morgan fingerprint density at radius 3 is 2.50 bits per heavy atom. The molecule has 1 unspecified atom stereocenters. The van der Waals surface area contributed by atoms with E-state index in [1.54, 1.807) is 0 Å². The number of benzene rings is 1. The van der Waals surface area contributed by atoms with Crippen LogP contribution in [0.3, 0.4) is 0 Å². The van der Waals surface area contributed by atoms with Gasteiger partial charge in [0, 0.05) is 0 Å². The normalized spacial score (nSPS) is 12.1. The molecule has 5 heteroatoms. The molecule has 1 atom stereocenters. The molecular weight excluding hydrogens is 189 g/mol. The Hall–Kier alpha value is -1.62. The van der Waals surface area contributed by atoms with Crippen molar-refractivity contribution in [2.45, 2.75) is 6.10 Å². The van der Waals surface area contributed by atoms with Crippen LogP contribution in [0.4, 0.5) is 9.18 Å². The second-order valence-corrected chi connectivity index (χ2v) is 2.75. The van der Waals surface area contributed by atoms with Gasteiger partial charge < -0.3 is 15.5 Å². The molecule has 1 aromatic rings. The summed E-state index contributed by atoms with van der Waals surface area (Å²) in [5.74, 6) is -0.396. The number of aliphatic hydroxyl groups excluding tert-OH is 1. The molecule has 0 aliphatic heterocycles. The monoisotopic (exact) mass is 199 g/mol. The maximum Gasteiger partial charge on any atom is 0.404 e. The summed E-state index contributed by atoms with van der Waals surface area (Å²) in [5.41, 5.74) is 0.472. The first-order valence-corrected chi connectivity index (χ1v) is 4.00. The fourth-order valence-electron chi connectivity index (χ4n) is 0.987. The van der Waals surface area contributed by atoms with Crippen LogP contribution in [0.5, 0.6) is 0 Å². The highest BCUT2D eigenvalue weighted by Gasteiger charge is 2.08. The lowest BCUT2D eigenvalue weighted by molar-refractivity contribution is 0.159. The van der Waals surface area contributed by atoms with Crippen molar-refractivity contribution in [3.8, 4) is 0 Å². The van der Waals surface area contributed by atoms with Crippen molar-refractivity contribution in [1.82, 2.24) is 5.32 Å². The summed E-state index contributed by atoms with van der Waals surface area (Å²) in [7, 11) is 0. The van der Waals surface area contributed by atoms with E-state index in [4.69, 9.17) is 5.11 Å². The van der Waals surface area contributed by atoms with Crippen LogP contribution < -0.4 is 5.32 Å². The van der Waals surface area contributed by atoms with Crippen LogP contribution in [-0.4, -0.2) is 22.9 Å². The highest BCUT2D eigenvalue weighted by molar-refractivity contribution is 5.64. The van der Waals surface area contributed by atoms with E-state index in [9.17, 15) is 14.3 Å².